The lowest BCUT2D eigenvalue weighted by molar-refractivity contribution is 0.665. The molecule has 0 N–H and O–H groups in total. The van der Waals surface area contributed by atoms with Crippen LogP contribution in [-0.2, 0) is 0 Å². The summed E-state index contributed by atoms with van der Waals surface area (Å²) in [5.74, 6) is 89.0. The van der Waals surface area contributed by atoms with E-state index in [1.165, 1.54) is 75.5 Å². The number of fused-ring (bicyclic) bond motifs is 6. The predicted molar refractivity (Wildman–Crippen MR) is 351 cm³/mol. The third kappa shape index (κ3) is 14.4. The van der Waals surface area contributed by atoms with Crippen molar-refractivity contribution in [2.45, 2.75) is 5.92 Å². The van der Waals surface area contributed by atoms with Crippen LogP contribution < -0.4 is 0 Å². The summed E-state index contributed by atoms with van der Waals surface area (Å²) in [4.78, 5) is 2.65. The lowest BCUT2D eigenvalue weighted by atomic mass is 9.68. The Morgan fingerprint density at radius 3 is 1.21 bits per heavy atom. The molecule has 0 spiro atoms. The van der Waals surface area contributed by atoms with Crippen molar-refractivity contribution < 1.29 is 14.3 Å². The summed E-state index contributed by atoms with van der Waals surface area (Å²) in [6.45, 7) is 0. The summed E-state index contributed by atoms with van der Waals surface area (Å²) < 4.78 is 0. The third-order valence-electron chi connectivity index (χ3n) is 11.0. The zero-order chi connectivity index (χ0) is 53.0. The molecule has 1 aromatic heterocycles. The van der Waals surface area contributed by atoms with Crippen molar-refractivity contribution in [1.82, 2.24) is 0 Å². The number of terminal acetylenes is 2. The van der Waals surface area contributed by atoms with E-state index >= 15 is 0 Å². The molecule has 0 amide bonds. The summed E-state index contributed by atoms with van der Waals surface area (Å²) in [5.41, 5.74) is 8.32. The van der Waals surface area contributed by atoms with Gasteiger partial charge in [0.05, 0.1) is 0 Å². The molecular formula is C76H48S2. The lowest BCUT2D eigenvalue weighted by Crippen LogP contribution is -2.20. The molecule has 2 heteroatoms. The molecule has 0 aliphatic heterocycles. The van der Waals surface area contributed by atoms with Crippen molar-refractivity contribution in [3.05, 3.63) is 144 Å². The maximum Gasteiger partial charge on any atom is 0.0355 e. The largest absolute Gasteiger partial charge is 0.197 e. The van der Waals surface area contributed by atoms with Crippen molar-refractivity contribution >= 4 is 69.3 Å². The Kier molecular flexibility index (Phi) is 19.9. The molecule has 6 aromatic rings. The first-order chi connectivity index (χ1) is 38.2. The minimum absolute atomic E-state index is 0. The maximum atomic E-state index is 4.93. The number of allylic oxidation sites excluding steroid dienone is 6. The minimum atomic E-state index is 0. The van der Waals surface area contributed by atoms with Crippen LogP contribution in [0.3, 0.4) is 0 Å². The molecule has 5 aromatic carbocycles. The Morgan fingerprint density at radius 1 is 0.372 bits per heavy atom. The SMILES string of the molecule is C#CC#CC#CC#CC#CC#CC#CC#CC#CC#CC#CC#CC#CC#CC#CC#CC#CC#CC#C.C1=CC2C=Cc3c(-c4ccc(-c5ccc6c7ccccc7c7ccccc7c6c5)s4)ccc4c3C2C(=C1)C=C4.S.[HH].[HH].[HH].[HH].[HH].[HH].[HH].[HH].[HH].[HH]. The average Bonchev–Trinajstić information content (AvgIpc) is 4.18. The van der Waals surface area contributed by atoms with Gasteiger partial charge in [-0.25, -0.2) is 0 Å². The maximum absolute atomic E-state index is 4.93. The standard InChI is InChI=1S/C38H24S.C38H2.H2S.10H2/c1-2-10-29-27(8-1)28-9-3-4-11-30(28)34-22-26(16-17-31(29)34)35-20-21-36(39-35)32-18-14-25-13-12-23-6-5-7-24-15-19-33(32)38(25)37(23)24;1-3-5-7-9-11-13-15-17-19-21-23-25-27-29-31-33-35-37-38-36-34-32-30-28-26-24-22-20-18-16-14-12-10-8-6-4-2;;;;;;;;;;;/h1-22,24,37H;1-2H;1H2;10*1H. The van der Waals surface area contributed by atoms with Crippen LogP contribution in [0.1, 0.15) is 36.9 Å². The van der Waals surface area contributed by atoms with Crippen molar-refractivity contribution in [2.24, 2.45) is 5.92 Å². The fourth-order valence-electron chi connectivity index (χ4n) is 8.13. The first kappa shape index (κ1) is 53.3. The van der Waals surface area contributed by atoms with Crippen LogP contribution in [0.15, 0.2) is 127 Å². The smallest absolute Gasteiger partial charge is 0.0355 e. The molecule has 0 radical (unpaired) electrons. The number of hydrogen-bond acceptors (Lipinski definition) is 1. The molecule has 0 saturated heterocycles. The van der Waals surface area contributed by atoms with Crippen LogP contribution in [0.4, 0.5) is 0 Å². The molecule has 3 aliphatic rings. The van der Waals surface area contributed by atoms with Gasteiger partial charge in [-0.3, -0.25) is 0 Å². The van der Waals surface area contributed by atoms with Gasteiger partial charge >= 0.3 is 0 Å². The Balaban J connectivity index is -0.000000714. The van der Waals surface area contributed by atoms with Gasteiger partial charge in [0.2, 0.25) is 0 Å². The molecule has 3 aliphatic carbocycles. The van der Waals surface area contributed by atoms with Gasteiger partial charge in [-0.05, 0) is 179 Å². The Hall–Kier alpha value is -12.5. The topological polar surface area (TPSA) is 0 Å². The van der Waals surface area contributed by atoms with E-state index in [9.17, 15) is 0 Å². The lowest BCUT2D eigenvalue weighted by Gasteiger charge is -2.35. The van der Waals surface area contributed by atoms with Gasteiger partial charge in [-0.15, -0.1) is 24.2 Å². The van der Waals surface area contributed by atoms with Crippen LogP contribution in [0.5, 0.6) is 0 Å². The summed E-state index contributed by atoms with van der Waals surface area (Å²) in [5, 5.41) is 7.94. The van der Waals surface area contributed by atoms with Gasteiger partial charge in [-0.2, -0.15) is 13.5 Å². The summed E-state index contributed by atoms with van der Waals surface area (Å²) in [7, 11) is 0. The highest BCUT2D eigenvalue weighted by Crippen LogP contribution is 2.50. The highest BCUT2D eigenvalue weighted by molar-refractivity contribution is 7.59. The number of benzene rings is 5. The molecule has 78 heavy (non-hydrogen) atoms. The van der Waals surface area contributed by atoms with E-state index in [0.29, 0.717) is 11.8 Å². The molecular weight excluding hydrogens is 977 g/mol. The molecule has 0 bridgehead atoms. The molecule has 1 heterocycles. The highest BCUT2D eigenvalue weighted by atomic mass is 32.1. The van der Waals surface area contributed by atoms with Crippen LogP contribution in [0.2, 0.25) is 0 Å². The molecule has 9 rings (SSSR count). The van der Waals surface area contributed by atoms with E-state index in [2.05, 4.69) is 347 Å². The van der Waals surface area contributed by atoms with Crippen molar-refractivity contribution in [3.8, 4) is 247 Å². The highest BCUT2D eigenvalue weighted by Gasteiger charge is 2.33. The minimum Gasteiger partial charge on any atom is -0.197 e. The summed E-state index contributed by atoms with van der Waals surface area (Å²) in [6.07, 6.45) is 26.1. The second-order valence-electron chi connectivity index (χ2n) is 15.4. The summed E-state index contributed by atoms with van der Waals surface area (Å²) >= 11 is 1.90. The number of rotatable bonds is 2. The second kappa shape index (κ2) is 29.1. The van der Waals surface area contributed by atoms with Crippen molar-refractivity contribution in [2.75, 3.05) is 0 Å². The normalized spacial score (nSPS) is 11.2. The van der Waals surface area contributed by atoms with Gasteiger partial charge in [0.25, 0.3) is 0 Å². The van der Waals surface area contributed by atoms with Gasteiger partial charge in [0.1, 0.15) is 0 Å². The Bertz CT molecular complexity index is 4790. The van der Waals surface area contributed by atoms with Crippen LogP contribution in [-0.4, -0.2) is 0 Å². The van der Waals surface area contributed by atoms with Gasteiger partial charge < -0.3 is 0 Å². The number of thiophene rings is 1. The van der Waals surface area contributed by atoms with E-state index in [4.69, 9.17) is 12.8 Å². The van der Waals surface area contributed by atoms with Gasteiger partial charge in [0, 0.05) is 154 Å². The molecule has 364 valence electrons. The Morgan fingerprint density at radius 2 is 0.769 bits per heavy atom. The van der Waals surface area contributed by atoms with Crippen molar-refractivity contribution in [1.29, 1.82) is 0 Å². The average molecular weight is 1030 g/mol. The van der Waals surface area contributed by atoms with Gasteiger partial charge in [0.15, 0.2) is 0 Å². The van der Waals surface area contributed by atoms with E-state index in [1.54, 1.807) is 0 Å². The summed E-state index contributed by atoms with van der Waals surface area (Å²) in [6, 6.07) is 33.9. The van der Waals surface area contributed by atoms with Gasteiger partial charge in [-0.1, -0.05) is 115 Å². The first-order valence-corrected chi connectivity index (χ1v) is 23.8. The molecule has 2 unspecified atom stereocenters. The molecule has 0 fully saturated rings. The zero-order valence-electron chi connectivity index (χ0n) is 40.9. The van der Waals surface area contributed by atoms with E-state index in [0.717, 1.165) is 0 Å². The monoisotopic (exact) mass is 1020 g/mol. The first-order valence-electron chi connectivity index (χ1n) is 23.0. The van der Waals surface area contributed by atoms with Crippen LogP contribution in [0.25, 0.3) is 65.4 Å². The fourth-order valence-corrected chi connectivity index (χ4v) is 9.17. The predicted octanol–water partition coefficient (Wildman–Crippen LogP) is 13.7. The fraction of sp³-hybridized carbons (Fsp3) is 0.0263. The molecule has 0 nitrogen and oxygen atoms in total. The second-order valence-corrected chi connectivity index (χ2v) is 16.5. The molecule has 0 saturated carbocycles. The van der Waals surface area contributed by atoms with E-state index < -0.39 is 0 Å². The zero-order valence-corrected chi connectivity index (χ0v) is 42.7. The van der Waals surface area contributed by atoms with Crippen LogP contribution in [0, 0.1) is 232 Å². The Labute approximate surface area is 483 Å². The van der Waals surface area contributed by atoms with E-state index in [1.807, 2.05) is 11.3 Å². The quantitative estimate of drug-likeness (QED) is 0.120. The van der Waals surface area contributed by atoms with Crippen LogP contribution >= 0.6 is 24.8 Å². The van der Waals surface area contributed by atoms with Crippen molar-refractivity contribution in [3.63, 3.8) is 0 Å². The number of hydrogen-bond donors (Lipinski definition) is 0. The molecule has 2 atom stereocenters. The van der Waals surface area contributed by atoms with E-state index in [-0.39, 0.29) is 27.8 Å². The third-order valence-corrected chi connectivity index (χ3v) is 12.2.